The average molecular weight is 261 g/mol. The van der Waals surface area contributed by atoms with Crippen molar-refractivity contribution in [1.29, 1.82) is 0 Å². The van der Waals surface area contributed by atoms with Gasteiger partial charge in [-0.3, -0.25) is 9.59 Å². The fraction of sp³-hybridized carbons (Fsp3) is 0.308. The highest BCUT2D eigenvalue weighted by atomic mass is 16.3. The smallest absolute Gasteiger partial charge is 0.255 e. The van der Waals surface area contributed by atoms with E-state index >= 15 is 0 Å². The van der Waals surface area contributed by atoms with E-state index < -0.39 is 0 Å². The number of rotatable bonds is 3. The molecule has 2 rings (SSSR count). The topological polar surface area (TPSA) is 88.0 Å². The first kappa shape index (κ1) is 13.1. The van der Waals surface area contributed by atoms with E-state index in [2.05, 4.69) is 15.3 Å². The van der Waals surface area contributed by atoms with Crippen LogP contribution in [-0.4, -0.2) is 15.9 Å². The molecule has 0 saturated heterocycles. The van der Waals surface area contributed by atoms with E-state index in [4.69, 9.17) is 4.42 Å². The van der Waals surface area contributed by atoms with Crippen molar-refractivity contribution in [1.82, 2.24) is 15.3 Å². The third-order valence-electron chi connectivity index (χ3n) is 2.63. The fourth-order valence-corrected chi connectivity index (χ4v) is 1.85. The number of furan rings is 1. The summed E-state index contributed by atoms with van der Waals surface area (Å²) in [5.74, 6) is 1.54. The maximum atomic E-state index is 11.9. The van der Waals surface area contributed by atoms with Gasteiger partial charge >= 0.3 is 0 Å². The number of hydrogen-bond acceptors (Lipinski definition) is 4. The predicted molar refractivity (Wildman–Crippen MR) is 68.9 cm³/mol. The number of nitrogens with one attached hydrogen (secondary N) is 2. The number of aryl methyl sites for hydroxylation is 3. The first-order chi connectivity index (χ1) is 8.95. The average Bonchev–Trinajstić information content (AvgIpc) is 2.64. The molecule has 100 valence electrons. The van der Waals surface area contributed by atoms with Crippen LogP contribution >= 0.6 is 0 Å². The quantitative estimate of drug-likeness (QED) is 0.869. The summed E-state index contributed by atoms with van der Waals surface area (Å²) >= 11 is 0. The summed E-state index contributed by atoms with van der Waals surface area (Å²) in [5, 5.41) is 2.71. The molecule has 2 heterocycles. The predicted octanol–water partition coefficient (Wildman–Crippen LogP) is 1.22. The second-order valence-electron chi connectivity index (χ2n) is 4.33. The molecule has 6 heteroatoms. The minimum Gasteiger partial charge on any atom is -0.466 e. The summed E-state index contributed by atoms with van der Waals surface area (Å²) in [5.41, 5.74) is 0.790. The molecule has 0 unspecified atom stereocenters. The van der Waals surface area contributed by atoms with E-state index in [1.807, 2.05) is 0 Å². The van der Waals surface area contributed by atoms with Gasteiger partial charge in [0.1, 0.15) is 17.3 Å². The van der Waals surface area contributed by atoms with Crippen LogP contribution in [0.2, 0.25) is 0 Å². The zero-order chi connectivity index (χ0) is 14.0. The Labute approximate surface area is 109 Å². The summed E-state index contributed by atoms with van der Waals surface area (Å²) in [4.78, 5) is 29.9. The van der Waals surface area contributed by atoms with Gasteiger partial charge in [-0.1, -0.05) is 0 Å². The molecule has 0 saturated carbocycles. The molecule has 6 nitrogen and oxygen atoms in total. The minimum atomic E-state index is -0.242. The maximum Gasteiger partial charge on any atom is 0.255 e. The Hall–Kier alpha value is -2.37. The Morgan fingerprint density at radius 3 is 2.68 bits per heavy atom. The van der Waals surface area contributed by atoms with E-state index in [0.717, 1.165) is 0 Å². The van der Waals surface area contributed by atoms with Crippen LogP contribution in [0.5, 0.6) is 0 Å². The van der Waals surface area contributed by atoms with Crippen LogP contribution in [0.15, 0.2) is 21.3 Å². The monoisotopic (exact) mass is 261 g/mol. The summed E-state index contributed by atoms with van der Waals surface area (Å²) in [6.45, 7) is 5.41. The van der Waals surface area contributed by atoms with Gasteiger partial charge in [0.2, 0.25) is 0 Å². The van der Waals surface area contributed by atoms with Gasteiger partial charge in [-0.2, -0.15) is 0 Å². The third kappa shape index (κ3) is 3.09. The molecule has 2 aromatic rings. The number of amides is 1. The van der Waals surface area contributed by atoms with Gasteiger partial charge in [0.25, 0.3) is 11.5 Å². The highest BCUT2D eigenvalue weighted by Crippen LogP contribution is 2.13. The molecular formula is C13H15N3O3. The van der Waals surface area contributed by atoms with Gasteiger partial charge in [-0.25, -0.2) is 4.98 Å². The van der Waals surface area contributed by atoms with Crippen molar-refractivity contribution in [3.8, 4) is 0 Å². The number of H-pyrrole nitrogens is 1. The van der Waals surface area contributed by atoms with Gasteiger partial charge in [0.15, 0.2) is 0 Å². The lowest BCUT2D eigenvalue weighted by atomic mass is 10.2. The summed E-state index contributed by atoms with van der Waals surface area (Å²) in [6.07, 6.45) is 0. The van der Waals surface area contributed by atoms with E-state index in [9.17, 15) is 9.59 Å². The molecule has 19 heavy (non-hydrogen) atoms. The summed E-state index contributed by atoms with van der Waals surface area (Å²) in [6, 6.07) is 3.04. The first-order valence-electron chi connectivity index (χ1n) is 5.88. The highest BCUT2D eigenvalue weighted by Gasteiger charge is 2.13. The Balaban J connectivity index is 2.08. The van der Waals surface area contributed by atoms with Crippen molar-refractivity contribution in [2.24, 2.45) is 0 Å². The van der Waals surface area contributed by atoms with E-state index in [-0.39, 0.29) is 18.0 Å². The Morgan fingerprint density at radius 2 is 2.11 bits per heavy atom. The Morgan fingerprint density at radius 1 is 1.37 bits per heavy atom. The second kappa shape index (κ2) is 5.09. The molecule has 0 fully saturated rings. The summed E-state index contributed by atoms with van der Waals surface area (Å²) < 4.78 is 5.29. The molecule has 0 spiro atoms. The molecule has 0 bridgehead atoms. The molecule has 0 aliphatic carbocycles. The van der Waals surface area contributed by atoms with Crippen molar-refractivity contribution in [2.75, 3.05) is 0 Å². The van der Waals surface area contributed by atoms with E-state index in [0.29, 0.717) is 28.6 Å². The third-order valence-corrected chi connectivity index (χ3v) is 2.63. The molecule has 0 aliphatic heterocycles. The van der Waals surface area contributed by atoms with Crippen LogP contribution in [0, 0.1) is 20.8 Å². The number of aromatic amines is 1. The number of aromatic nitrogens is 2. The molecule has 0 atom stereocenters. The van der Waals surface area contributed by atoms with Crippen molar-refractivity contribution in [3.05, 3.63) is 51.1 Å². The highest BCUT2D eigenvalue weighted by molar-refractivity contribution is 5.95. The number of carbonyl (C=O) groups is 1. The Bertz CT molecular complexity index is 670. The normalized spacial score (nSPS) is 10.5. The van der Waals surface area contributed by atoms with Crippen LogP contribution in [0.1, 0.15) is 33.4 Å². The second-order valence-corrected chi connectivity index (χ2v) is 4.33. The van der Waals surface area contributed by atoms with Gasteiger partial charge < -0.3 is 14.7 Å². The maximum absolute atomic E-state index is 11.9. The van der Waals surface area contributed by atoms with Crippen LogP contribution in [-0.2, 0) is 6.54 Å². The number of carbonyl (C=O) groups excluding carboxylic acids is 1. The van der Waals surface area contributed by atoms with Crippen molar-refractivity contribution in [3.63, 3.8) is 0 Å². The number of nitrogens with zero attached hydrogens (tertiary/aromatic N) is 1. The van der Waals surface area contributed by atoms with Gasteiger partial charge in [-0.15, -0.1) is 0 Å². The lowest BCUT2D eigenvalue weighted by Gasteiger charge is -2.04. The van der Waals surface area contributed by atoms with Crippen LogP contribution in [0.4, 0.5) is 0 Å². The van der Waals surface area contributed by atoms with E-state index in [1.165, 1.54) is 6.07 Å². The zero-order valence-corrected chi connectivity index (χ0v) is 11.0. The Kier molecular flexibility index (Phi) is 3.50. The lowest BCUT2D eigenvalue weighted by molar-refractivity contribution is 0.0949. The lowest BCUT2D eigenvalue weighted by Crippen LogP contribution is -2.25. The van der Waals surface area contributed by atoms with Crippen LogP contribution < -0.4 is 10.9 Å². The SMILES string of the molecule is Cc1nc(CNC(=O)c2cc(C)oc2C)cc(=O)[nH]1. The van der Waals surface area contributed by atoms with Gasteiger partial charge in [0, 0.05) is 6.07 Å². The molecule has 2 N–H and O–H groups in total. The van der Waals surface area contributed by atoms with Crippen LogP contribution in [0.3, 0.4) is 0 Å². The largest absolute Gasteiger partial charge is 0.466 e. The molecular weight excluding hydrogens is 246 g/mol. The molecule has 0 aromatic carbocycles. The summed E-state index contributed by atoms with van der Waals surface area (Å²) in [7, 11) is 0. The molecule has 0 aliphatic rings. The minimum absolute atomic E-state index is 0.202. The van der Waals surface area contributed by atoms with Crippen molar-refractivity contribution < 1.29 is 9.21 Å². The number of hydrogen-bond donors (Lipinski definition) is 2. The standard InChI is InChI=1S/C13H15N3O3/c1-7-4-11(8(2)19-7)13(18)14-6-10-5-12(17)16-9(3)15-10/h4-5H,6H2,1-3H3,(H,14,18)(H,15,16,17). The van der Waals surface area contributed by atoms with Gasteiger partial charge in [0.05, 0.1) is 17.8 Å². The van der Waals surface area contributed by atoms with Crippen LogP contribution in [0.25, 0.3) is 0 Å². The molecule has 2 aromatic heterocycles. The zero-order valence-electron chi connectivity index (χ0n) is 11.0. The van der Waals surface area contributed by atoms with Crippen molar-refractivity contribution in [2.45, 2.75) is 27.3 Å². The van der Waals surface area contributed by atoms with E-state index in [1.54, 1.807) is 26.8 Å². The fourth-order valence-electron chi connectivity index (χ4n) is 1.85. The molecule has 0 radical (unpaired) electrons. The van der Waals surface area contributed by atoms with Gasteiger partial charge in [-0.05, 0) is 26.8 Å². The molecule has 1 amide bonds. The van der Waals surface area contributed by atoms with Crippen molar-refractivity contribution >= 4 is 5.91 Å². The first-order valence-corrected chi connectivity index (χ1v) is 5.88.